The zero-order chi connectivity index (χ0) is 7.56. The van der Waals surface area contributed by atoms with E-state index >= 15 is 0 Å². The lowest BCUT2D eigenvalue weighted by Crippen LogP contribution is -2.25. The molecule has 1 heterocycles. The average Bonchev–Trinajstić information content (AvgIpc) is 2.20. The lowest BCUT2D eigenvalue weighted by Gasteiger charge is -1.82. The molecular formula is C4H4N4O2. The number of hydrogen-bond donors (Lipinski definition) is 2. The van der Waals surface area contributed by atoms with Crippen LogP contribution in [0.15, 0.2) is 9.59 Å². The highest BCUT2D eigenvalue weighted by atomic mass is 16.2. The molecule has 0 aliphatic carbocycles. The van der Waals surface area contributed by atoms with Crippen LogP contribution in [0.1, 0.15) is 0 Å². The van der Waals surface area contributed by atoms with Gasteiger partial charge in [0.2, 0.25) is 0 Å². The van der Waals surface area contributed by atoms with E-state index in [4.69, 9.17) is 5.26 Å². The van der Waals surface area contributed by atoms with Crippen molar-refractivity contribution in [1.82, 2.24) is 14.8 Å². The summed E-state index contributed by atoms with van der Waals surface area (Å²) >= 11 is 0. The lowest BCUT2D eigenvalue weighted by atomic mass is 10.7. The van der Waals surface area contributed by atoms with Gasteiger partial charge in [0.15, 0.2) is 0 Å². The zero-order valence-electron chi connectivity index (χ0n) is 4.92. The maximum atomic E-state index is 10.6. The molecule has 0 saturated carbocycles. The standard InChI is InChI=1S/C4H4N4O2/c5-1-2-8-3(9)6-7-4(8)10/h2H2,(H,6,9)(H,7,10). The van der Waals surface area contributed by atoms with Crippen LogP contribution in [0.25, 0.3) is 0 Å². The molecule has 0 aromatic carbocycles. The van der Waals surface area contributed by atoms with E-state index in [1.807, 2.05) is 10.2 Å². The van der Waals surface area contributed by atoms with E-state index in [9.17, 15) is 9.59 Å². The number of nitrogens with one attached hydrogen (secondary N) is 2. The Labute approximate surface area is 54.7 Å². The minimum Gasteiger partial charge on any atom is -0.247 e. The van der Waals surface area contributed by atoms with Crippen molar-refractivity contribution in [1.29, 1.82) is 5.26 Å². The van der Waals surface area contributed by atoms with Crippen molar-refractivity contribution < 1.29 is 0 Å². The molecular weight excluding hydrogens is 136 g/mol. The third kappa shape index (κ3) is 0.842. The number of hydrogen-bond acceptors (Lipinski definition) is 3. The van der Waals surface area contributed by atoms with Crippen molar-refractivity contribution in [2.45, 2.75) is 6.54 Å². The summed E-state index contributed by atoms with van der Waals surface area (Å²) in [4.78, 5) is 21.1. The summed E-state index contributed by atoms with van der Waals surface area (Å²) in [5, 5.41) is 12.2. The molecule has 0 saturated heterocycles. The van der Waals surface area contributed by atoms with Crippen molar-refractivity contribution in [3.63, 3.8) is 0 Å². The second-order valence-electron chi connectivity index (χ2n) is 1.60. The van der Waals surface area contributed by atoms with Gasteiger partial charge in [-0.1, -0.05) is 0 Å². The van der Waals surface area contributed by atoms with Gasteiger partial charge in [-0.05, 0) is 0 Å². The van der Waals surface area contributed by atoms with Crippen molar-refractivity contribution >= 4 is 0 Å². The number of aromatic nitrogens is 3. The van der Waals surface area contributed by atoms with Crippen LogP contribution in [-0.4, -0.2) is 14.8 Å². The van der Waals surface area contributed by atoms with Crippen molar-refractivity contribution in [3.05, 3.63) is 21.0 Å². The first kappa shape index (κ1) is 6.35. The SMILES string of the molecule is N#CCn1c(=O)[nH][nH]c1=O. The predicted molar refractivity (Wildman–Crippen MR) is 31.3 cm³/mol. The van der Waals surface area contributed by atoms with E-state index in [0.717, 1.165) is 4.57 Å². The number of aromatic amines is 2. The minimum atomic E-state index is -0.591. The third-order valence-electron chi connectivity index (χ3n) is 0.995. The summed E-state index contributed by atoms with van der Waals surface area (Å²) in [6.07, 6.45) is 0. The second-order valence-corrected chi connectivity index (χ2v) is 1.60. The molecule has 0 aliphatic heterocycles. The summed E-state index contributed by atoms with van der Waals surface area (Å²) in [6, 6.07) is 1.67. The van der Waals surface area contributed by atoms with Gasteiger partial charge in [0.25, 0.3) is 0 Å². The molecule has 0 unspecified atom stereocenters. The summed E-state index contributed by atoms with van der Waals surface area (Å²) < 4.78 is 0.764. The summed E-state index contributed by atoms with van der Waals surface area (Å²) in [5.74, 6) is 0. The number of rotatable bonds is 1. The van der Waals surface area contributed by atoms with Crippen LogP contribution in [0.4, 0.5) is 0 Å². The molecule has 0 aliphatic rings. The fourth-order valence-corrected chi connectivity index (χ4v) is 0.548. The number of nitriles is 1. The highest BCUT2D eigenvalue weighted by Gasteiger charge is 1.98. The molecule has 0 atom stereocenters. The van der Waals surface area contributed by atoms with E-state index < -0.39 is 11.4 Å². The Morgan fingerprint density at radius 1 is 1.40 bits per heavy atom. The van der Waals surface area contributed by atoms with Crippen molar-refractivity contribution in [2.75, 3.05) is 0 Å². The average molecular weight is 140 g/mol. The molecule has 52 valence electrons. The maximum Gasteiger partial charge on any atom is 0.345 e. The normalized spacial score (nSPS) is 9.10. The van der Waals surface area contributed by atoms with Crippen LogP contribution in [0, 0.1) is 11.3 Å². The Balaban J connectivity index is 3.27. The Morgan fingerprint density at radius 2 is 1.90 bits per heavy atom. The van der Waals surface area contributed by atoms with Crippen LogP contribution in [0.2, 0.25) is 0 Å². The van der Waals surface area contributed by atoms with Gasteiger partial charge in [-0.2, -0.15) is 5.26 Å². The molecule has 0 spiro atoms. The van der Waals surface area contributed by atoms with Gasteiger partial charge in [-0.25, -0.2) is 24.4 Å². The van der Waals surface area contributed by atoms with Gasteiger partial charge >= 0.3 is 11.4 Å². The van der Waals surface area contributed by atoms with E-state index in [2.05, 4.69) is 0 Å². The highest BCUT2D eigenvalue weighted by molar-refractivity contribution is 4.75. The summed E-state index contributed by atoms with van der Waals surface area (Å²) in [5.41, 5.74) is -1.18. The molecule has 6 heteroatoms. The van der Waals surface area contributed by atoms with Gasteiger partial charge in [-0.3, -0.25) is 0 Å². The summed E-state index contributed by atoms with van der Waals surface area (Å²) in [6.45, 7) is -0.225. The van der Waals surface area contributed by atoms with Gasteiger partial charge in [0.1, 0.15) is 6.54 Å². The van der Waals surface area contributed by atoms with Crippen LogP contribution >= 0.6 is 0 Å². The number of H-pyrrole nitrogens is 2. The smallest absolute Gasteiger partial charge is 0.247 e. The fraction of sp³-hybridized carbons (Fsp3) is 0.250. The van der Waals surface area contributed by atoms with Gasteiger partial charge in [-0.15, -0.1) is 0 Å². The van der Waals surface area contributed by atoms with E-state index in [1.54, 1.807) is 6.07 Å². The first-order chi connectivity index (χ1) is 4.75. The predicted octanol–water partition coefficient (Wildman–Crippen LogP) is -1.61. The Bertz CT molecular complexity index is 334. The Kier molecular flexibility index (Phi) is 1.41. The molecule has 1 aromatic heterocycles. The summed E-state index contributed by atoms with van der Waals surface area (Å²) in [7, 11) is 0. The molecule has 0 radical (unpaired) electrons. The van der Waals surface area contributed by atoms with Crippen LogP contribution in [0.3, 0.4) is 0 Å². The Morgan fingerprint density at radius 3 is 2.30 bits per heavy atom. The maximum absolute atomic E-state index is 10.6. The van der Waals surface area contributed by atoms with Crippen LogP contribution in [-0.2, 0) is 6.54 Å². The topological polar surface area (TPSA) is 94.4 Å². The molecule has 0 amide bonds. The first-order valence-corrected chi connectivity index (χ1v) is 2.50. The largest absolute Gasteiger partial charge is 0.345 e. The monoisotopic (exact) mass is 140 g/mol. The molecule has 1 aromatic rings. The highest BCUT2D eigenvalue weighted by Crippen LogP contribution is 1.62. The molecule has 0 fully saturated rings. The molecule has 1 rings (SSSR count). The van der Waals surface area contributed by atoms with Crippen molar-refractivity contribution in [2.24, 2.45) is 0 Å². The minimum absolute atomic E-state index is 0.225. The lowest BCUT2D eigenvalue weighted by molar-refractivity contribution is 0.760. The molecule has 0 bridgehead atoms. The quantitative estimate of drug-likeness (QED) is 0.491. The molecule has 2 N–H and O–H groups in total. The van der Waals surface area contributed by atoms with E-state index in [-0.39, 0.29) is 6.54 Å². The second kappa shape index (κ2) is 2.23. The van der Waals surface area contributed by atoms with Gasteiger partial charge in [0.05, 0.1) is 6.07 Å². The first-order valence-electron chi connectivity index (χ1n) is 2.50. The van der Waals surface area contributed by atoms with Crippen LogP contribution < -0.4 is 11.4 Å². The molecule has 6 nitrogen and oxygen atoms in total. The van der Waals surface area contributed by atoms with E-state index in [1.165, 1.54) is 0 Å². The van der Waals surface area contributed by atoms with Gasteiger partial charge < -0.3 is 0 Å². The zero-order valence-corrected chi connectivity index (χ0v) is 4.92. The van der Waals surface area contributed by atoms with Gasteiger partial charge in [0, 0.05) is 0 Å². The fourth-order valence-electron chi connectivity index (χ4n) is 0.548. The van der Waals surface area contributed by atoms with E-state index in [0.29, 0.717) is 0 Å². The van der Waals surface area contributed by atoms with Crippen molar-refractivity contribution in [3.8, 4) is 6.07 Å². The third-order valence-corrected chi connectivity index (χ3v) is 0.995. The molecule has 10 heavy (non-hydrogen) atoms. The number of nitrogens with zero attached hydrogens (tertiary/aromatic N) is 2. The van der Waals surface area contributed by atoms with Crippen LogP contribution in [0.5, 0.6) is 0 Å². The Hall–Kier alpha value is -1.77.